The van der Waals surface area contributed by atoms with Gasteiger partial charge in [-0.15, -0.1) is 0 Å². The van der Waals surface area contributed by atoms with E-state index >= 15 is 0 Å². The number of benzene rings is 1. The summed E-state index contributed by atoms with van der Waals surface area (Å²) in [6.45, 7) is 6.04. The average Bonchev–Trinajstić information content (AvgIpc) is 3.01. The summed E-state index contributed by atoms with van der Waals surface area (Å²) in [5.41, 5.74) is 1.75. The highest BCUT2D eigenvalue weighted by Crippen LogP contribution is 2.15. The van der Waals surface area contributed by atoms with Crippen LogP contribution in [0.4, 0.5) is 0 Å². The molecule has 148 valence electrons. The fraction of sp³-hybridized carbons (Fsp3) is 0.435. The Labute approximate surface area is 167 Å². The second-order valence-corrected chi connectivity index (χ2v) is 7.63. The summed E-state index contributed by atoms with van der Waals surface area (Å²) in [5, 5.41) is 0. The summed E-state index contributed by atoms with van der Waals surface area (Å²) in [5.74, 6) is -0.222. The Bertz CT molecular complexity index is 797. The van der Waals surface area contributed by atoms with E-state index in [4.69, 9.17) is 0 Å². The Morgan fingerprint density at radius 1 is 0.929 bits per heavy atom. The van der Waals surface area contributed by atoms with Gasteiger partial charge in [0.15, 0.2) is 0 Å². The lowest BCUT2D eigenvalue weighted by atomic mass is 10.1. The van der Waals surface area contributed by atoms with Gasteiger partial charge in [-0.25, -0.2) is 4.98 Å². The van der Waals surface area contributed by atoms with Crippen LogP contribution in [0.1, 0.15) is 66.1 Å². The second kappa shape index (κ2) is 9.49. The van der Waals surface area contributed by atoms with Crippen molar-refractivity contribution in [1.29, 1.82) is 0 Å². The molecule has 0 saturated carbocycles. The standard InChI is InChI=1S/C23H29N3O2/c1-18(2)26(17-19-11-6-5-7-12-19)23(28)21-14-10-13-20(24-21)22(27)25-15-8-3-4-9-16-25/h5-7,10-14,18H,3-4,8-9,15-17H2,1-2H3. The largest absolute Gasteiger partial charge is 0.337 e. The van der Waals surface area contributed by atoms with Gasteiger partial charge < -0.3 is 9.80 Å². The van der Waals surface area contributed by atoms with Crippen LogP contribution in [-0.2, 0) is 6.54 Å². The molecule has 1 aliphatic rings. The van der Waals surface area contributed by atoms with Crippen molar-refractivity contribution in [2.24, 2.45) is 0 Å². The van der Waals surface area contributed by atoms with Gasteiger partial charge in [0.2, 0.25) is 0 Å². The Morgan fingerprint density at radius 2 is 1.57 bits per heavy atom. The fourth-order valence-corrected chi connectivity index (χ4v) is 3.52. The minimum absolute atomic E-state index is 0.0273. The van der Waals surface area contributed by atoms with Gasteiger partial charge in [0.05, 0.1) is 0 Å². The van der Waals surface area contributed by atoms with Crippen molar-refractivity contribution in [1.82, 2.24) is 14.8 Å². The van der Waals surface area contributed by atoms with Crippen LogP contribution in [0, 0.1) is 0 Å². The van der Waals surface area contributed by atoms with Crippen LogP contribution in [0.15, 0.2) is 48.5 Å². The topological polar surface area (TPSA) is 53.5 Å². The molecule has 1 aromatic heterocycles. The van der Waals surface area contributed by atoms with Crippen molar-refractivity contribution in [2.45, 2.75) is 52.1 Å². The summed E-state index contributed by atoms with van der Waals surface area (Å²) in [4.78, 5) is 34.1. The molecule has 1 aliphatic heterocycles. The van der Waals surface area contributed by atoms with E-state index in [2.05, 4.69) is 4.98 Å². The highest BCUT2D eigenvalue weighted by Gasteiger charge is 2.23. The van der Waals surface area contributed by atoms with Gasteiger partial charge in [0, 0.05) is 25.7 Å². The number of rotatable bonds is 5. The smallest absolute Gasteiger partial charge is 0.273 e. The molecule has 0 radical (unpaired) electrons. The van der Waals surface area contributed by atoms with Gasteiger partial charge in [-0.2, -0.15) is 0 Å². The van der Waals surface area contributed by atoms with Crippen LogP contribution < -0.4 is 0 Å². The van der Waals surface area contributed by atoms with Crippen LogP contribution in [-0.4, -0.2) is 45.7 Å². The monoisotopic (exact) mass is 379 g/mol. The minimum atomic E-state index is -0.149. The van der Waals surface area contributed by atoms with Gasteiger partial charge in [0.25, 0.3) is 11.8 Å². The van der Waals surface area contributed by atoms with Crippen molar-refractivity contribution >= 4 is 11.8 Å². The van der Waals surface area contributed by atoms with E-state index < -0.39 is 0 Å². The SMILES string of the molecule is CC(C)N(Cc1ccccc1)C(=O)c1cccc(C(=O)N2CCCCCC2)n1. The van der Waals surface area contributed by atoms with E-state index in [1.165, 1.54) is 12.8 Å². The van der Waals surface area contributed by atoms with Crippen LogP contribution in [0.2, 0.25) is 0 Å². The normalized spacial score (nSPS) is 14.6. The van der Waals surface area contributed by atoms with E-state index in [1.54, 1.807) is 23.1 Å². The third kappa shape index (κ3) is 4.97. The van der Waals surface area contributed by atoms with Crippen LogP contribution in [0.3, 0.4) is 0 Å². The number of carbonyl (C=O) groups is 2. The van der Waals surface area contributed by atoms with Crippen molar-refractivity contribution in [2.75, 3.05) is 13.1 Å². The van der Waals surface area contributed by atoms with Crippen molar-refractivity contribution in [3.8, 4) is 0 Å². The summed E-state index contributed by atoms with van der Waals surface area (Å²) in [6, 6.07) is 15.1. The number of hydrogen-bond donors (Lipinski definition) is 0. The Kier molecular flexibility index (Phi) is 6.80. The third-order valence-electron chi connectivity index (χ3n) is 5.16. The number of amides is 2. The van der Waals surface area contributed by atoms with E-state index in [-0.39, 0.29) is 17.9 Å². The molecule has 1 saturated heterocycles. The fourth-order valence-electron chi connectivity index (χ4n) is 3.52. The molecule has 2 amide bonds. The lowest BCUT2D eigenvalue weighted by Gasteiger charge is -2.27. The van der Waals surface area contributed by atoms with Gasteiger partial charge in [-0.05, 0) is 44.4 Å². The summed E-state index contributed by atoms with van der Waals surface area (Å²) < 4.78 is 0. The lowest BCUT2D eigenvalue weighted by molar-refractivity contribution is 0.0683. The number of hydrogen-bond acceptors (Lipinski definition) is 3. The molecule has 0 N–H and O–H groups in total. The molecular weight excluding hydrogens is 350 g/mol. The molecule has 5 heteroatoms. The maximum absolute atomic E-state index is 13.1. The predicted octanol–water partition coefficient (Wildman–Crippen LogP) is 4.15. The molecule has 0 aliphatic carbocycles. The number of aromatic nitrogens is 1. The molecule has 3 rings (SSSR count). The number of likely N-dealkylation sites (tertiary alicyclic amines) is 1. The number of carbonyl (C=O) groups excluding carboxylic acids is 2. The molecule has 1 fully saturated rings. The zero-order valence-corrected chi connectivity index (χ0v) is 16.8. The predicted molar refractivity (Wildman–Crippen MR) is 110 cm³/mol. The molecule has 1 aromatic carbocycles. The van der Waals surface area contributed by atoms with Gasteiger partial charge >= 0.3 is 0 Å². The molecule has 5 nitrogen and oxygen atoms in total. The number of pyridine rings is 1. The zero-order chi connectivity index (χ0) is 19.9. The van der Waals surface area contributed by atoms with Crippen LogP contribution in [0.25, 0.3) is 0 Å². The zero-order valence-electron chi connectivity index (χ0n) is 16.8. The molecule has 2 aromatic rings. The van der Waals surface area contributed by atoms with Crippen LogP contribution in [0.5, 0.6) is 0 Å². The molecule has 0 unspecified atom stereocenters. The quantitative estimate of drug-likeness (QED) is 0.784. The molecule has 0 bridgehead atoms. The van der Waals surface area contributed by atoms with E-state index in [1.807, 2.05) is 49.1 Å². The molecular formula is C23H29N3O2. The Hall–Kier alpha value is -2.69. The van der Waals surface area contributed by atoms with Crippen LogP contribution >= 0.6 is 0 Å². The van der Waals surface area contributed by atoms with E-state index in [9.17, 15) is 9.59 Å². The van der Waals surface area contributed by atoms with Gasteiger partial charge in [-0.3, -0.25) is 9.59 Å². The maximum atomic E-state index is 13.1. The summed E-state index contributed by atoms with van der Waals surface area (Å²) >= 11 is 0. The molecule has 28 heavy (non-hydrogen) atoms. The highest BCUT2D eigenvalue weighted by atomic mass is 16.2. The van der Waals surface area contributed by atoms with Crippen molar-refractivity contribution < 1.29 is 9.59 Å². The molecule has 2 heterocycles. The van der Waals surface area contributed by atoms with Gasteiger partial charge in [-0.1, -0.05) is 49.2 Å². The Balaban J connectivity index is 1.79. The summed E-state index contributed by atoms with van der Waals surface area (Å²) in [6.07, 6.45) is 4.39. The first-order chi connectivity index (χ1) is 13.6. The molecule has 0 spiro atoms. The third-order valence-corrected chi connectivity index (χ3v) is 5.16. The van der Waals surface area contributed by atoms with E-state index in [0.29, 0.717) is 17.9 Å². The van der Waals surface area contributed by atoms with Crippen molar-refractivity contribution in [3.05, 3.63) is 65.5 Å². The van der Waals surface area contributed by atoms with Gasteiger partial charge in [0.1, 0.15) is 11.4 Å². The second-order valence-electron chi connectivity index (χ2n) is 7.63. The lowest BCUT2D eigenvalue weighted by Crippen LogP contribution is -2.37. The minimum Gasteiger partial charge on any atom is -0.337 e. The maximum Gasteiger partial charge on any atom is 0.273 e. The number of nitrogens with zero attached hydrogens (tertiary/aromatic N) is 3. The first-order valence-corrected chi connectivity index (χ1v) is 10.2. The molecule has 0 atom stereocenters. The Morgan fingerprint density at radius 3 is 2.21 bits per heavy atom. The average molecular weight is 380 g/mol. The first-order valence-electron chi connectivity index (χ1n) is 10.2. The first kappa shape index (κ1) is 20.1. The highest BCUT2D eigenvalue weighted by molar-refractivity contribution is 5.96. The van der Waals surface area contributed by atoms with Crippen molar-refractivity contribution in [3.63, 3.8) is 0 Å². The van der Waals surface area contributed by atoms with E-state index in [0.717, 1.165) is 31.5 Å². The summed E-state index contributed by atoms with van der Waals surface area (Å²) in [7, 11) is 0.